The average Bonchev–Trinajstić information content (AvgIpc) is 2.60. The number of aryl methyl sites for hydroxylation is 1. The molecule has 0 aromatic heterocycles. The topological polar surface area (TPSA) is 64.3 Å². The Morgan fingerprint density at radius 1 is 1.13 bits per heavy atom. The smallest absolute Gasteiger partial charge is 0.220 e. The van der Waals surface area contributed by atoms with Crippen LogP contribution in [-0.4, -0.2) is 19.1 Å². The van der Waals surface area contributed by atoms with Crippen LogP contribution in [0.3, 0.4) is 0 Å². The fraction of sp³-hybridized carbons (Fsp3) is 0.316. The molecule has 0 bridgehead atoms. The SMILES string of the molecule is CCOc1ccc(CCC(=O)NCC(N)c2ccccc2)cc1. The highest BCUT2D eigenvalue weighted by Gasteiger charge is 2.08. The van der Waals surface area contributed by atoms with Crippen molar-refractivity contribution < 1.29 is 9.53 Å². The minimum atomic E-state index is -0.175. The Balaban J connectivity index is 1.72. The summed E-state index contributed by atoms with van der Waals surface area (Å²) in [7, 11) is 0. The van der Waals surface area contributed by atoms with Crippen LogP contribution in [0.15, 0.2) is 54.6 Å². The molecule has 0 fully saturated rings. The van der Waals surface area contributed by atoms with E-state index < -0.39 is 0 Å². The number of rotatable bonds is 8. The highest BCUT2D eigenvalue weighted by molar-refractivity contribution is 5.76. The summed E-state index contributed by atoms with van der Waals surface area (Å²) < 4.78 is 5.40. The Bertz CT molecular complexity index is 597. The van der Waals surface area contributed by atoms with Gasteiger partial charge in [-0.1, -0.05) is 42.5 Å². The first-order valence-electron chi connectivity index (χ1n) is 7.98. The number of ether oxygens (including phenoxy) is 1. The van der Waals surface area contributed by atoms with E-state index in [-0.39, 0.29) is 11.9 Å². The van der Waals surface area contributed by atoms with E-state index in [1.54, 1.807) is 0 Å². The molecule has 4 heteroatoms. The molecule has 0 saturated carbocycles. The summed E-state index contributed by atoms with van der Waals surface area (Å²) in [6.45, 7) is 3.06. The number of hydrogen-bond acceptors (Lipinski definition) is 3. The molecule has 0 aliphatic carbocycles. The van der Waals surface area contributed by atoms with Gasteiger partial charge in [0.25, 0.3) is 0 Å². The second kappa shape index (κ2) is 8.96. The second-order valence-corrected chi connectivity index (χ2v) is 5.40. The van der Waals surface area contributed by atoms with Gasteiger partial charge in [-0.15, -0.1) is 0 Å². The van der Waals surface area contributed by atoms with E-state index in [1.165, 1.54) is 0 Å². The lowest BCUT2D eigenvalue weighted by Crippen LogP contribution is -2.32. The van der Waals surface area contributed by atoms with E-state index in [0.29, 0.717) is 26.0 Å². The molecule has 1 atom stereocenters. The van der Waals surface area contributed by atoms with Crippen LogP contribution in [0.5, 0.6) is 5.75 Å². The van der Waals surface area contributed by atoms with Gasteiger partial charge in [-0.25, -0.2) is 0 Å². The van der Waals surface area contributed by atoms with Gasteiger partial charge in [-0.05, 0) is 36.6 Å². The molecule has 0 heterocycles. The second-order valence-electron chi connectivity index (χ2n) is 5.40. The van der Waals surface area contributed by atoms with Crippen molar-refractivity contribution >= 4 is 5.91 Å². The molecule has 3 N–H and O–H groups in total. The molecule has 122 valence electrons. The lowest BCUT2D eigenvalue weighted by Gasteiger charge is -2.13. The Hall–Kier alpha value is -2.33. The normalized spacial score (nSPS) is 11.7. The predicted octanol–water partition coefficient (Wildman–Crippen LogP) is 2.83. The molecule has 0 spiro atoms. The van der Waals surface area contributed by atoms with Crippen LogP contribution in [0.2, 0.25) is 0 Å². The fourth-order valence-electron chi connectivity index (χ4n) is 2.31. The van der Waals surface area contributed by atoms with Crippen molar-refractivity contribution in [1.82, 2.24) is 5.32 Å². The number of carbonyl (C=O) groups excluding carboxylic acids is 1. The maximum Gasteiger partial charge on any atom is 0.220 e. The van der Waals surface area contributed by atoms with Crippen LogP contribution >= 0.6 is 0 Å². The maximum absolute atomic E-state index is 11.9. The average molecular weight is 312 g/mol. The van der Waals surface area contributed by atoms with E-state index in [2.05, 4.69) is 5.32 Å². The summed E-state index contributed by atoms with van der Waals surface area (Å²) in [5, 5.41) is 2.89. The third-order valence-electron chi connectivity index (χ3n) is 3.62. The first kappa shape index (κ1) is 17.0. The molecule has 0 aliphatic rings. The van der Waals surface area contributed by atoms with E-state index in [0.717, 1.165) is 16.9 Å². The van der Waals surface area contributed by atoms with Crippen molar-refractivity contribution in [1.29, 1.82) is 0 Å². The van der Waals surface area contributed by atoms with E-state index in [1.807, 2.05) is 61.5 Å². The van der Waals surface area contributed by atoms with Crippen molar-refractivity contribution in [2.75, 3.05) is 13.2 Å². The largest absolute Gasteiger partial charge is 0.494 e. The molecule has 0 radical (unpaired) electrons. The predicted molar refractivity (Wildman–Crippen MR) is 92.3 cm³/mol. The van der Waals surface area contributed by atoms with Crippen molar-refractivity contribution in [2.24, 2.45) is 5.73 Å². The van der Waals surface area contributed by atoms with Gasteiger partial charge in [0.15, 0.2) is 0 Å². The van der Waals surface area contributed by atoms with Gasteiger partial charge in [-0.3, -0.25) is 4.79 Å². The quantitative estimate of drug-likeness (QED) is 0.788. The van der Waals surface area contributed by atoms with Crippen LogP contribution in [0.1, 0.15) is 30.5 Å². The molecule has 2 aromatic rings. The van der Waals surface area contributed by atoms with Crippen LogP contribution in [0.25, 0.3) is 0 Å². The van der Waals surface area contributed by atoms with Gasteiger partial charge >= 0.3 is 0 Å². The Labute approximate surface area is 137 Å². The van der Waals surface area contributed by atoms with Gasteiger partial charge in [0.1, 0.15) is 5.75 Å². The lowest BCUT2D eigenvalue weighted by atomic mass is 10.1. The zero-order valence-electron chi connectivity index (χ0n) is 13.5. The number of benzene rings is 2. The molecule has 23 heavy (non-hydrogen) atoms. The van der Waals surface area contributed by atoms with Crippen molar-refractivity contribution in [2.45, 2.75) is 25.8 Å². The molecule has 0 saturated heterocycles. The summed E-state index contributed by atoms with van der Waals surface area (Å²) in [6.07, 6.45) is 1.16. The first-order chi connectivity index (χ1) is 11.2. The fourth-order valence-corrected chi connectivity index (χ4v) is 2.31. The monoisotopic (exact) mass is 312 g/mol. The highest BCUT2D eigenvalue weighted by Crippen LogP contribution is 2.13. The summed E-state index contributed by atoms with van der Waals surface area (Å²) in [5.41, 5.74) is 8.22. The van der Waals surface area contributed by atoms with Crippen LogP contribution in [-0.2, 0) is 11.2 Å². The Morgan fingerprint density at radius 3 is 2.48 bits per heavy atom. The third-order valence-corrected chi connectivity index (χ3v) is 3.62. The summed E-state index contributed by atoms with van der Waals surface area (Å²) in [5.74, 6) is 0.875. The zero-order chi connectivity index (χ0) is 16.5. The highest BCUT2D eigenvalue weighted by atomic mass is 16.5. The molecule has 0 aliphatic heterocycles. The van der Waals surface area contributed by atoms with Crippen LogP contribution in [0, 0.1) is 0 Å². The number of hydrogen-bond donors (Lipinski definition) is 2. The van der Waals surface area contributed by atoms with Gasteiger partial charge in [0.05, 0.1) is 6.61 Å². The maximum atomic E-state index is 11.9. The van der Waals surface area contributed by atoms with Gasteiger partial charge in [0.2, 0.25) is 5.91 Å². The van der Waals surface area contributed by atoms with E-state index in [9.17, 15) is 4.79 Å². The van der Waals surface area contributed by atoms with Gasteiger partial charge < -0.3 is 15.8 Å². The minimum Gasteiger partial charge on any atom is -0.494 e. The molecule has 2 rings (SSSR count). The standard InChI is InChI=1S/C19H24N2O2/c1-2-23-17-11-8-15(9-12-17)10-13-19(22)21-14-18(20)16-6-4-3-5-7-16/h3-9,11-12,18H,2,10,13-14,20H2,1H3,(H,21,22). The zero-order valence-corrected chi connectivity index (χ0v) is 13.5. The van der Waals surface area contributed by atoms with Crippen LogP contribution < -0.4 is 15.8 Å². The molecule has 4 nitrogen and oxygen atoms in total. The summed E-state index contributed by atoms with van der Waals surface area (Å²) >= 11 is 0. The van der Waals surface area contributed by atoms with Gasteiger partial charge in [-0.2, -0.15) is 0 Å². The molecular weight excluding hydrogens is 288 g/mol. The summed E-state index contributed by atoms with van der Waals surface area (Å²) in [4.78, 5) is 11.9. The molecule has 1 amide bonds. The van der Waals surface area contributed by atoms with Crippen molar-refractivity contribution in [3.8, 4) is 5.75 Å². The molecule has 2 aromatic carbocycles. The first-order valence-corrected chi connectivity index (χ1v) is 7.98. The van der Waals surface area contributed by atoms with Gasteiger partial charge in [0, 0.05) is 19.0 Å². The molecule has 1 unspecified atom stereocenters. The number of nitrogens with one attached hydrogen (secondary N) is 1. The minimum absolute atomic E-state index is 0.0188. The van der Waals surface area contributed by atoms with Crippen LogP contribution in [0.4, 0.5) is 0 Å². The summed E-state index contributed by atoms with van der Waals surface area (Å²) in [6, 6.07) is 17.5. The third kappa shape index (κ3) is 5.75. The van der Waals surface area contributed by atoms with E-state index in [4.69, 9.17) is 10.5 Å². The van der Waals surface area contributed by atoms with Crippen molar-refractivity contribution in [3.05, 3.63) is 65.7 Å². The molecular formula is C19H24N2O2. The van der Waals surface area contributed by atoms with E-state index >= 15 is 0 Å². The van der Waals surface area contributed by atoms with Crippen molar-refractivity contribution in [3.63, 3.8) is 0 Å². The number of nitrogens with two attached hydrogens (primary N) is 1. The Morgan fingerprint density at radius 2 is 1.83 bits per heavy atom. The number of carbonyl (C=O) groups is 1. The lowest BCUT2D eigenvalue weighted by molar-refractivity contribution is -0.121. The Kier molecular flexibility index (Phi) is 6.63. The number of amides is 1.